The van der Waals surface area contributed by atoms with Gasteiger partial charge in [0.2, 0.25) is 0 Å². The van der Waals surface area contributed by atoms with Crippen LogP contribution >= 0.6 is 22.9 Å². The highest BCUT2D eigenvalue weighted by molar-refractivity contribution is 7.14. The Morgan fingerprint density at radius 2 is 1.97 bits per heavy atom. The summed E-state index contributed by atoms with van der Waals surface area (Å²) in [6.07, 6.45) is 5.89. The first kappa shape index (κ1) is 24.6. The minimum absolute atomic E-state index is 0.115. The molecule has 1 aromatic heterocycles. The number of halogens is 2. The lowest BCUT2D eigenvalue weighted by molar-refractivity contribution is 0.164. The first-order valence-electron chi connectivity index (χ1n) is 11.9. The zero-order valence-corrected chi connectivity index (χ0v) is 21.5. The Labute approximate surface area is 219 Å². The van der Waals surface area contributed by atoms with Gasteiger partial charge in [0.1, 0.15) is 5.82 Å². The van der Waals surface area contributed by atoms with Crippen LogP contribution in [0.3, 0.4) is 0 Å². The minimum Gasteiger partial charge on any atom is -0.367 e. The van der Waals surface area contributed by atoms with E-state index in [9.17, 15) is 9.18 Å². The number of thiazole rings is 1. The Morgan fingerprint density at radius 1 is 1.25 bits per heavy atom. The van der Waals surface area contributed by atoms with Gasteiger partial charge in [-0.2, -0.15) is 0 Å². The van der Waals surface area contributed by atoms with Crippen LogP contribution in [-0.2, 0) is 5.41 Å². The van der Waals surface area contributed by atoms with E-state index in [4.69, 9.17) is 18.0 Å². The summed E-state index contributed by atoms with van der Waals surface area (Å²) >= 11 is 7.35. The van der Waals surface area contributed by atoms with Gasteiger partial charge in [0.15, 0.2) is 5.13 Å². The Kier molecular flexibility index (Phi) is 6.89. The van der Waals surface area contributed by atoms with Gasteiger partial charge >= 0.3 is 6.03 Å². The molecule has 2 aliphatic rings. The van der Waals surface area contributed by atoms with Gasteiger partial charge in [-0.1, -0.05) is 35.7 Å². The van der Waals surface area contributed by atoms with Crippen LogP contribution in [0.4, 0.5) is 20.0 Å². The molecule has 3 aromatic rings. The number of hydrogen-bond acceptors (Lipinski definition) is 5. The Morgan fingerprint density at radius 3 is 2.64 bits per heavy atom. The molecular weight excluding hydrogens is 497 g/mol. The topological polar surface area (TPSA) is 60.5 Å². The minimum atomic E-state index is -0.743. The fourth-order valence-corrected chi connectivity index (χ4v) is 5.55. The maximum absolute atomic E-state index is 14.8. The van der Waals surface area contributed by atoms with E-state index in [1.807, 2.05) is 36.6 Å². The second-order valence-corrected chi connectivity index (χ2v) is 10.6. The van der Waals surface area contributed by atoms with E-state index in [1.54, 1.807) is 23.1 Å². The zero-order valence-electron chi connectivity index (χ0n) is 19.9. The molecule has 3 heterocycles. The number of nitrogens with one attached hydrogen (secondary N) is 2. The van der Waals surface area contributed by atoms with Gasteiger partial charge in [-0.15, -0.1) is 17.8 Å². The Hall–Kier alpha value is -3.12. The molecule has 2 amide bonds. The van der Waals surface area contributed by atoms with Crippen molar-refractivity contribution in [1.29, 1.82) is 0 Å². The first-order valence-corrected chi connectivity index (χ1v) is 13.1. The monoisotopic (exact) mass is 523 g/mol. The second kappa shape index (κ2) is 10.1. The number of anilines is 2. The van der Waals surface area contributed by atoms with Crippen LogP contribution in [-0.4, -0.2) is 55.2 Å². The van der Waals surface area contributed by atoms with Gasteiger partial charge < -0.3 is 15.1 Å². The zero-order chi connectivity index (χ0) is 25.3. The number of nitrogens with zero attached hydrogens (tertiary/aromatic N) is 3. The van der Waals surface area contributed by atoms with Crippen molar-refractivity contribution < 1.29 is 9.18 Å². The molecule has 2 aromatic carbocycles. The van der Waals surface area contributed by atoms with E-state index < -0.39 is 5.41 Å². The van der Waals surface area contributed by atoms with Gasteiger partial charge in [-0.3, -0.25) is 5.32 Å². The molecule has 2 saturated heterocycles. The number of aromatic nitrogens is 1. The quantitative estimate of drug-likeness (QED) is 0.466. The summed E-state index contributed by atoms with van der Waals surface area (Å²) in [7, 11) is 0. The summed E-state index contributed by atoms with van der Waals surface area (Å²) < 4.78 is 14.8. The van der Waals surface area contributed by atoms with E-state index >= 15 is 0 Å². The largest absolute Gasteiger partial charge is 0.367 e. The maximum Gasteiger partial charge on any atom is 0.323 e. The highest BCUT2D eigenvalue weighted by atomic mass is 35.5. The summed E-state index contributed by atoms with van der Waals surface area (Å²) in [5.41, 5.74) is 2.41. The van der Waals surface area contributed by atoms with Gasteiger partial charge in [-0.05, 0) is 42.3 Å². The number of rotatable bonds is 5. The summed E-state index contributed by atoms with van der Waals surface area (Å²) in [6.45, 7) is 6.30. The van der Waals surface area contributed by atoms with Crippen molar-refractivity contribution in [3.63, 3.8) is 0 Å². The molecule has 5 rings (SSSR count). The SMILES string of the molecule is C#C[C@](C)(c1ccc(Cl)cc1)c1csc(NC(=O)N2CC(c3ccc(N4CCNCC4)c(F)c3)C2)n1. The van der Waals surface area contributed by atoms with Crippen LogP contribution in [0, 0.1) is 18.2 Å². The molecule has 2 N–H and O–H groups in total. The second-order valence-electron chi connectivity index (χ2n) is 9.29. The maximum atomic E-state index is 14.8. The number of urea groups is 1. The van der Waals surface area contributed by atoms with Crippen molar-refractivity contribution in [2.24, 2.45) is 0 Å². The van der Waals surface area contributed by atoms with E-state index in [0.29, 0.717) is 34.6 Å². The molecule has 1 atom stereocenters. The molecule has 0 unspecified atom stereocenters. The molecule has 0 saturated carbocycles. The molecule has 6 nitrogen and oxygen atoms in total. The molecule has 0 aliphatic carbocycles. The van der Waals surface area contributed by atoms with Gasteiger partial charge in [0.05, 0.1) is 16.8 Å². The summed E-state index contributed by atoms with van der Waals surface area (Å²) in [5, 5.41) is 9.14. The van der Waals surface area contributed by atoms with Crippen LogP contribution < -0.4 is 15.5 Å². The average molecular weight is 524 g/mol. The van der Waals surface area contributed by atoms with Crippen molar-refractivity contribution in [3.05, 3.63) is 75.5 Å². The third-order valence-corrected chi connectivity index (χ3v) is 8.02. The molecule has 0 radical (unpaired) electrons. The number of likely N-dealkylation sites (tertiary alicyclic amines) is 1. The molecular formula is C27H27ClFN5OS. The van der Waals surface area contributed by atoms with Crippen LogP contribution in [0.25, 0.3) is 0 Å². The average Bonchev–Trinajstić information content (AvgIpc) is 3.33. The normalized spacial score (nSPS) is 17.7. The molecule has 2 fully saturated rings. The van der Waals surface area contributed by atoms with Gasteiger partial charge in [0, 0.05) is 55.6 Å². The number of terminal acetylenes is 1. The molecule has 2 aliphatic heterocycles. The Bertz CT molecular complexity index is 1290. The first-order chi connectivity index (χ1) is 17.4. The predicted octanol–water partition coefficient (Wildman–Crippen LogP) is 4.92. The lowest BCUT2D eigenvalue weighted by atomic mass is 9.81. The molecule has 36 heavy (non-hydrogen) atoms. The van der Waals surface area contributed by atoms with E-state index in [-0.39, 0.29) is 17.8 Å². The Balaban J connectivity index is 1.19. The number of carbonyl (C=O) groups excluding carboxylic acids is 1. The van der Waals surface area contributed by atoms with E-state index in [0.717, 1.165) is 37.3 Å². The lowest BCUT2D eigenvalue weighted by Crippen LogP contribution is -2.50. The molecule has 9 heteroatoms. The lowest BCUT2D eigenvalue weighted by Gasteiger charge is -2.39. The summed E-state index contributed by atoms with van der Waals surface area (Å²) in [6, 6.07) is 12.6. The van der Waals surface area contributed by atoms with Gasteiger partial charge in [0.25, 0.3) is 0 Å². The summed E-state index contributed by atoms with van der Waals surface area (Å²) in [4.78, 5) is 21.1. The molecule has 186 valence electrons. The predicted molar refractivity (Wildman–Crippen MR) is 144 cm³/mol. The third-order valence-electron chi connectivity index (χ3n) is 7.01. The summed E-state index contributed by atoms with van der Waals surface area (Å²) in [5.74, 6) is 2.75. The van der Waals surface area contributed by atoms with Gasteiger partial charge in [-0.25, -0.2) is 14.2 Å². The highest BCUT2D eigenvalue weighted by Crippen LogP contribution is 2.35. The highest BCUT2D eigenvalue weighted by Gasteiger charge is 2.34. The van der Waals surface area contributed by atoms with Crippen LogP contribution in [0.2, 0.25) is 5.02 Å². The fraction of sp³-hybridized carbons (Fsp3) is 0.333. The number of benzene rings is 2. The number of hydrogen-bond donors (Lipinski definition) is 2. The van der Waals surface area contributed by atoms with Crippen LogP contribution in [0.1, 0.15) is 29.7 Å². The van der Waals surface area contributed by atoms with Crippen LogP contribution in [0.15, 0.2) is 47.8 Å². The number of carbonyl (C=O) groups is 1. The fourth-order valence-electron chi connectivity index (χ4n) is 4.61. The van der Waals surface area contributed by atoms with E-state index in [1.165, 1.54) is 11.3 Å². The van der Waals surface area contributed by atoms with Crippen molar-refractivity contribution >= 4 is 39.8 Å². The van der Waals surface area contributed by atoms with E-state index in [2.05, 4.69) is 26.4 Å². The van der Waals surface area contributed by atoms with Crippen molar-refractivity contribution in [3.8, 4) is 12.3 Å². The van der Waals surface area contributed by atoms with Crippen LogP contribution in [0.5, 0.6) is 0 Å². The smallest absolute Gasteiger partial charge is 0.323 e. The third kappa shape index (κ3) is 4.79. The molecule has 0 bridgehead atoms. The van der Waals surface area contributed by atoms with Crippen molar-refractivity contribution in [2.45, 2.75) is 18.3 Å². The molecule has 0 spiro atoms. The van der Waals surface area contributed by atoms with Crippen molar-refractivity contribution in [1.82, 2.24) is 15.2 Å². The number of piperazine rings is 1. The number of amides is 2. The standard InChI is InChI=1S/C27H27ClFN5OS/c1-3-27(2,20-5-7-21(28)8-6-20)24-17-36-25(31-24)32-26(35)34-15-19(16-34)18-4-9-23(22(29)14-18)33-12-10-30-11-13-33/h1,4-9,14,17,19,30H,10-13,15-16H2,2H3,(H,31,32,35)/t27-/m1/s1. The van der Waals surface area contributed by atoms with Crippen molar-refractivity contribution in [2.75, 3.05) is 49.5 Å².